The van der Waals surface area contributed by atoms with Gasteiger partial charge in [-0.25, -0.2) is 4.79 Å². The zero-order valence-corrected chi connectivity index (χ0v) is 16.7. The van der Waals surface area contributed by atoms with Gasteiger partial charge >= 0.3 is 12.1 Å². The summed E-state index contributed by atoms with van der Waals surface area (Å²) < 4.78 is 39.4. The van der Waals surface area contributed by atoms with Gasteiger partial charge in [-0.3, -0.25) is 14.7 Å². The molecule has 1 aliphatic heterocycles. The molecular formula is C20H21F3N4O5. The van der Waals surface area contributed by atoms with E-state index in [1.54, 1.807) is 0 Å². The number of H-pyrrole nitrogens is 1. The van der Waals surface area contributed by atoms with Crippen molar-refractivity contribution in [2.24, 2.45) is 0 Å². The Bertz CT molecular complexity index is 1010. The topological polar surface area (TPSA) is 136 Å². The van der Waals surface area contributed by atoms with Crippen LogP contribution in [0.4, 0.5) is 13.2 Å². The number of aliphatic hydroxyl groups is 1. The quantitative estimate of drug-likeness (QED) is 0.500. The predicted molar refractivity (Wildman–Crippen MR) is 104 cm³/mol. The average molecular weight is 454 g/mol. The molecule has 2 aromatic rings. The lowest BCUT2D eigenvalue weighted by atomic mass is 9.99. The van der Waals surface area contributed by atoms with Crippen LogP contribution in [0.2, 0.25) is 0 Å². The van der Waals surface area contributed by atoms with Gasteiger partial charge in [0.2, 0.25) is 0 Å². The standard InChI is InChI=1S/C20H21F3N4O5/c21-20(22,23)13-4-2-1-3-11(13)5-6-14(19(31)32)24-17(29)15-9-16(26-25-15)18(30)27-8-7-12(28)10-27/h1-4,9,12,14,28H,5-8,10H2,(H,24,29)(H,25,26)(H,31,32)/t12-,14?/m1/s1. The number of nitrogens with zero attached hydrogens (tertiary/aromatic N) is 2. The van der Waals surface area contributed by atoms with Crippen LogP contribution in [0.15, 0.2) is 30.3 Å². The Morgan fingerprint density at radius 2 is 2.00 bits per heavy atom. The molecule has 0 saturated carbocycles. The SMILES string of the molecule is O=C(NC(CCc1ccccc1C(F)(F)F)C(=O)O)c1cc(C(=O)N2CC[C@@H](O)C2)[nH]n1. The Balaban J connectivity index is 1.65. The van der Waals surface area contributed by atoms with Crippen LogP contribution >= 0.6 is 0 Å². The van der Waals surface area contributed by atoms with E-state index >= 15 is 0 Å². The number of hydrogen-bond donors (Lipinski definition) is 4. The number of aromatic amines is 1. The van der Waals surface area contributed by atoms with E-state index in [4.69, 9.17) is 0 Å². The lowest BCUT2D eigenvalue weighted by Crippen LogP contribution is -2.41. The highest BCUT2D eigenvalue weighted by Gasteiger charge is 2.33. The van der Waals surface area contributed by atoms with Gasteiger partial charge in [-0.05, 0) is 30.9 Å². The van der Waals surface area contributed by atoms with Crippen LogP contribution in [0.1, 0.15) is 44.9 Å². The Hall–Kier alpha value is -3.41. The van der Waals surface area contributed by atoms with Crippen molar-refractivity contribution >= 4 is 17.8 Å². The summed E-state index contributed by atoms with van der Waals surface area (Å²) in [5, 5.41) is 27.3. The highest BCUT2D eigenvalue weighted by molar-refractivity contribution is 5.98. The van der Waals surface area contributed by atoms with Crippen LogP contribution < -0.4 is 5.32 Å². The number of aliphatic carboxylic acids is 1. The molecule has 1 aliphatic rings. The predicted octanol–water partition coefficient (Wildman–Crippen LogP) is 1.45. The molecule has 4 N–H and O–H groups in total. The molecule has 1 aromatic heterocycles. The Kier molecular flexibility index (Phi) is 6.82. The largest absolute Gasteiger partial charge is 0.480 e. The number of likely N-dealkylation sites (tertiary alicyclic amines) is 1. The molecule has 0 aliphatic carbocycles. The number of rotatable bonds is 7. The number of β-amino-alcohol motifs (C(OH)–C–C–N with tert-alkyl or cyclic N) is 1. The fraction of sp³-hybridized carbons (Fsp3) is 0.400. The van der Waals surface area contributed by atoms with Crippen LogP contribution in [0, 0.1) is 0 Å². The number of alkyl halides is 3. The summed E-state index contributed by atoms with van der Waals surface area (Å²) in [5.74, 6) is -2.77. The van der Waals surface area contributed by atoms with Crippen molar-refractivity contribution < 1.29 is 37.8 Å². The molecule has 1 unspecified atom stereocenters. The van der Waals surface area contributed by atoms with Crippen LogP contribution in [0.3, 0.4) is 0 Å². The molecule has 3 rings (SSSR count). The minimum Gasteiger partial charge on any atom is -0.480 e. The van der Waals surface area contributed by atoms with Crippen molar-refractivity contribution in [2.75, 3.05) is 13.1 Å². The maximum absolute atomic E-state index is 13.1. The van der Waals surface area contributed by atoms with Crippen LogP contribution in [0.25, 0.3) is 0 Å². The minimum atomic E-state index is -4.58. The van der Waals surface area contributed by atoms with E-state index < -0.39 is 41.7 Å². The van der Waals surface area contributed by atoms with Crippen LogP contribution in [-0.2, 0) is 17.4 Å². The summed E-state index contributed by atoms with van der Waals surface area (Å²) in [6.45, 7) is 0.501. The van der Waals surface area contributed by atoms with Gasteiger partial charge in [0, 0.05) is 19.2 Å². The fourth-order valence-electron chi connectivity index (χ4n) is 3.45. The molecule has 172 valence electrons. The number of carbonyl (C=O) groups is 3. The van der Waals surface area contributed by atoms with E-state index in [0.717, 1.165) is 12.1 Å². The summed E-state index contributed by atoms with van der Waals surface area (Å²) in [6, 6.07) is 4.51. The van der Waals surface area contributed by atoms with E-state index in [0.29, 0.717) is 13.0 Å². The molecule has 0 radical (unpaired) electrons. The summed E-state index contributed by atoms with van der Waals surface area (Å²) in [5.41, 5.74) is -1.19. The lowest BCUT2D eigenvalue weighted by Gasteiger charge is -2.16. The number of nitrogens with one attached hydrogen (secondary N) is 2. The normalized spacial score (nSPS) is 17.2. The third-order valence-corrected chi connectivity index (χ3v) is 5.12. The number of hydrogen-bond acceptors (Lipinski definition) is 5. The Morgan fingerprint density at radius 1 is 1.28 bits per heavy atom. The molecule has 2 amide bonds. The third-order valence-electron chi connectivity index (χ3n) is 5.12. The van der Waals surface area contributed by atoms with Gasteiger partial charge in [0.05, 0.1) is 11.7 Å². The fourth-order valence-corrected chi connectivity index (χ4v) is 3.45. The maximum atomic E-state index is 13.1. The number of benzene rings is 1. The molecule has 0 spiro atoms. The molecule has 12 heteroatoms. The second-order valence-corrected chi connectivity index (χ2v) is 7.42. The molecule has 1 aromatic carbocycles. The minimum absolute atomic E-state index is 0.00442. The van der Waals surface area contributed by atoms with E-state index in [1.807, 2.05) is 0 Å². The van der Waals surface area contributed by atoms with Gasteiger partial charge in [-0.15, -0.1) is 0 Å². The van der Waals surface area contributed by atoms with Crippen LogP contribution in [0.5, 0.6) is 0 Å². The molecular weight excluding hydrogens is 433 g/mol. The number of halogens is 3. The van der Waals surface area contributed by atoms with Crippen molar-refractivity contribution in [1.29, 1.82) is 0 Å². The smallest absolute Gasteiger partial charge is 0.416 e. The Morgan fingerprint density at radius 3 is 2.62 bits per heavy atom. The second-order valence-electron chi connectivity index (χ2n) is 7.42. The van der Waals surface area contributed by atoms with Gasteiger partial charge in [-0.2, -0.15) is 18.3 Å². The number of carbonyl (C=O) groups excluding carboxylic acids is 2. The van der Waals surface area contributed by atoms with Gasteiger partial charge < -0.3 is 20.4 Å². The van der Waals surface area contributed by atoms with Gasteiger partial charge in [-0.1, -0.05) is 18.2 Å². The average Bonchev–Trinajstić information content (AvgIpc) is 3.39. The first-order chi connectivity index (χ1) is 15.1. The first kappa shape index (κ1) is 23.3. The molecule has 9 nitrogen and oxygen atoms in total. The van der Waals surface area contributed by atoms with Crippen molar-refractivity contribution in [3.05, 3.63) is 52.8 Å². The molecule has 32 heavy (non-hydrogen) atoms. The molecule has 0 bridgehead atoms. The number of amides is 2. The molecule has 2 heterocycles. The number of aryl methyl sites for hydroxylation is 1. The van der Waals surface area contributed by atoms with E-state index in [9.17, 15) is 37.8 Å². The van der Waals surface area contributed by atoms with Crippen molar-refractivity contribution in [2.45, 2.75) is 37.6 Å². The molecule has 1 fully saturated rings. The van der Waals surface area contributed by atoms with Crippen molar-refractivity contribution in [1.82, 2.24) is 20.4 Å². The van der Waals surface area contributed by atoms with E-state index in [2.05, 4.69) is 15.5 Å². The molecule has 2 atom stereocenters. The highest BCUT2D eigenvalue weighted by Crippen LogP contribution is 2.32. The van der Waals surface area contributed by atoms with Gasteiger partial charge in [0.15, 0.2) is 5.69 Å². The van der Waals surface area contributed by atoms with Crippen molar-refractivity contribution in [3.8, 4) is 0 Å². The van der Waals surface area contributed by atoms with E-state index in [1.165, 1.54) is 23.1 Å². The zero-order chi connectivity index (χ0) is 23.5. The number of carboxylic acids is 1. The monoisotopic (exact) mass is 454 g/mol. The molecule has 1 saturated heterocycles. The van der Waals surface area contributed by atoms with Gasteiger partial charge in [0.25, 0.3) is 11.8 Å². The Labute approximate surface area is 180 Å². The van der Waals surface area contributed by atoms with Crippen molar-refractivity contribution in [3.63, 3.8) is 0 Å². The number of aliphatic hydroxyl groups excluding tert-OH is 1. The second kappa shape index (κ2) is 9.39. The summed E-state index contributed by atoms with van der Waals surface area (Å²) >= 11 is 0. The third kappa shape index (κ3) is 5.44. The zero-order valence-electron chi connectivity index (χ0n) is 16.7. The number of carboxylic acid groups (broad SMARTS) is 1. The summed E-state index contributed by atoms with van der Waals surface area (Å²) in [7, 11) is 0. The van der Waals surface area contributed by atoms with Gasteiger partial charge in [0.1, 0.15) is 11.7 Å². The lowest BCUT2D eigenvalue weighted by molar-refractivity contribution is -0.139. The van der Waals surface area contributed by atoms with E-state index in [-0.39, 0.29) is 36.3 Å². The van der Waals surface area contributed by atoms with Crippen LogP contribution in [-0.4, -0.2) is 68.3 Å². The maximum Gasteiger partial charge on any atom is 0.416 e. The first-order valence-corrected chi connectivity index (χ1v) is 9.77. The summed E-state index contributed by atoms with van der Waals surface area (Å²) in [4.78, 5) is 37.7. The number of aromatic nitrogens is 2. The highest BCUT2D eigenvalue weighted by atomic mass is 19.4. The first-order valence-electron chi connectivity index (χ1n) is 9.77. The summed E-state index contributed by atoms with van der Waals surface area (Å²) in [6.07, 6.45) is -5.28.